The number of nitrogens with zero attached hydrogens (tertiary/aromatic N) is 1. The van der Waals surface area contributed by atoms with Crippen molar-refractivity contribution in [3.8, 4) is 0 Å². The first-order chi connectivity index (χ1) is 17.3. The quantitative estimate of drug-likeness (QED) is 0.111. The number of allylic oxidation sites excluding steroid dienone is 9. The molecule has 2 atom stereocenters. The highest BCUT2D eigenvalue weighted by Crippen LogP contribution is 2.16. The molecule has 1 amide bonds. The van der Waals surface area contributed by atoms with E-state index in [4.69, 9.17) is 0 Å². The third-order valence-corrected chi connectivity index (χ3v) is 6.45. The van der Waals surface area contributed by atoms with E-state index in [2.05, 4.69) is 52.0 Å². The van der Waals surface area contributed by atoms with Crippen LogP contribution >= 0.6 is 0 Å². The van der Waals surface area contributed by atoms with Crippen LogP contribution in [0.4, 0.5) is 0 Å². The maximum atomic E-state index is 12.4. The fraction of sp³-hybridized carbons (Fsp3) is 0.625. The van der Waals surface area contributed by atoms with Crippen LogP contribution in [0.25, 0.3) is 0 Å². The van der Waals surface area contributed by atoms with Gasteiger partial charge in [-0.25, -0.2) is 0 Å². The highest BCUT2D eigenvalue weighted by atomic mass is 16.3. The van der Waals surface area contributed by atoms with Gasteiger partial charge in [0, 0.05) is 12.0 Å². The fourth-order valence-electron chi connectivity index (χ4n) is 4.03. The van der Waals surface area contributed by atoms with Gasteiger partial charge in [0.15, 0.2) is 0 Å². The molecule has 0 saturated carbocycles. The first kappa shape index (κ1) is 34.8. The van der Waals surface area contributed by atoms with Crippen LogP contribution in [-0.2, 0) is 9.59 Å². The lowest BCUT2D eigenvalue weighted by Gasteiger charge is -2.28. The number of rotatable bonds is 18. The molecule has 0 bridgehead atoms. The lowest BCUT2D eigenvalue weighted by Crippen LogP contribution is -2.45. The number of hydrogen-bond donors (Lipinski definition) is 2. The average molecular weight is 516 g/mol. The molecule has 0 aromatic rings. The molecule has 5 heteroatoms. The van der Waals surface area contributed by atoms with Crippen LogP contribution in [0.3, 0.4) is 0 Å². The number of carbonyl (C=O) groups is 2. The molecular formula is C32H53NO4. The summed E-state index contributed by atoms with van der Waals surface area (Å²) in [6.07, 6.45) is 18.4. The molecule has 0 aliphatic carbocycles. The molecule has 210 valence electrons. The van der Waals surface area contributed by atoms with Crippen LogP contribution in [0.1, 0.15) is 120 Å². The molecule has 0 saturated heterocycles. The zero-order valence-electron chi connectivity index (χ0n) is 24.8. The molecule has 0 fully saturated rings. The topological polar surface area (TPSA) is 77.8 Å². The van der Waals surface area contributed by atoms with Gasteiger partial charge in [-0.1, -0.05) is 52.7 Å². The van der Waals surface area contributed by atoms with E-state index in [0.717, 1.165) is 62.7 Å². The van der Waals surface area contributed by atoms with Gasteiger partial charge in [-0.05, 0) is 113 Å². The monoisotopic (exact) mass is 515 g/mol. The van der Waals surface area contributed by atoms with Crippen LogP contribution in [0, 0.1) is 0 Å². The van der Waals surface area contributed by atoms with Gasteiger partial charge in [0.25, 0.3) is 5.91 Å². The Bertz CT molecular complexity index is 848. The summed E-state index contributed by atoms with van der Waals surface area (Å²) in [6.45, 7) is 15.0. The zero-order valence-corrected chi connectivity index (χ0v) is 24.8. The van der Waals surface area contributed by atoms with Crippen LogP contribution in [0.5, 0.6) is 0 Å². The highest BCUT2D eigenvalue weighted by molar-refractivity contribution is 5.93. The summed E-state index contributed by atoms with van der Waals surface area (Å²) in [5.41, 5.74) is 6.05. The van der Waals surface area contributed by atoms with Crippen molar-refractivity contribution in [1.29, 1.82) is 0 Å². The van der Waals surface area contributed by atoms with E-state index in [1.54, 1.807) is 13.8 Å². The largest absolute Gasteiger partial charge is 0.374 e. The van der Waals surface area contributed by atoms with E-state index in [-0.39, 0.29) is 11.7 Å². The maximum absolute atomic E-state index is 12.4. The highest BCUT2D eigenvalue weighted by Gasteiger charge is 2.23. The smallest absolute Gasteiger partial charge is 0.253 e. The predicted octanol–water partition coefficient (Wildman–Crippen LogP) is 7.71. The summed E-state index contributed by atoms with van der Waals surface area (Å²) in [5.74, 6) is -0.0892. The van der Waals surface area contributed by atoms with Crippen LogP contribution in [-0.4, -0.2) is 39.3 Å². The van der Waals surface area contributed by atoms with Gasteiger partial charge >= 0.3 is 0 Å². The van der Waals surface area contributed by atoms with Crippen molar-refractivity contribution in [2.45, 2.75) is 132 Å². The van der Waals surface area contributed by atoms with E-state index in [1.165, 1.54) is 36.1 Å². The lowest BCUT2D eigenvalue weighted by molar-refractivity contribution is -0.151. The molecule has 0 heterocycles. The summed E-state index contributed by atoms with van der Waals surface area (Å²) in [6, 6.07) is 0. The molecule has 2 N–H and O–H groups in total. The van der Waals surface area contributed by atoms with Crippen molar-refractivity contribution < 1.29 is 19.8 Å². The number of Topliss-reactive ketones (excluding diaryl/α,β-unsaturated/α-hetero) is 1. The second-order valence-corrected chi connectivity index (χ2v) is 10.5. The third kappa shape index (κ3) is 17.8. The number of aliphatic hydroxyl groups is 2. The molecule has 0 aromatic carbocycles. The minimum Gasteiger partial charge on any atom is -0.374 e. The summed E-state index contributed by atoms with van der Waals surface area (Å²) in [7, 11) is 0. The molecule has 5 nitrogen and oxygen atoms in total. The van der Waals surface area contributed by atoms with Crippen molar-refractivity contribution in [3.63, 3.8) is 0 Å². The Morgan fingerprint density at radius 3 is 1.16 bits per heavy atom. The normalized spacial score (nSPS) is 15.6. The Kier molecular flexibility index (Phi) is 18.6. The zero-order chi connectivity index (χ0) is 28.4. The molecule has 37 heavy (non-hydrogen) atoms. The molecule has 0 rings (SSSR count). The molecule has 0 aliphatic rings. The SMILES string of the molecule is CC(=O)CCC=C(C)CCC=C(C)CCC=C(C)CCC=C(C)CCC=C(C)C(=O)N(C(C)O)C(C)O. The van der Waals surface area contributed by atoms with E-state index in [0.29, 0.717) is 12.0 Å². The fourth-order valence-corrected chi connectivity index (χ4v) is 4.03. The van der Waals surface area contributed by atoms with Crippen molar-refractivity contribution in [2.24, 2.45) is 0 Å². The van der Waals surface area contributed by atoms with Crippen molar-refractivity contribution in [2.75, 3.05) is 0 Å². The number of carbonyl (C=O) groups excluding carboxylic acids is 2. The van der Waals surface area contributed by atoms with Gasteiger partial charge in [0.1, 0.15) is 18.2 Å². The molecule has 0 spiro atoms. The average Bonchev–Trinajstić information content (AvgIpc) is 2.78. The Balaban J connectivity index is 4.36. The number of ketones is 1. The van der Waals surface area contributed by atoms with E-state index >= 15 is 0 Å². The van der Waals surface area contributed by atoms with Gasteiger partial charge in [-0.2, -0.15) is 0 Å². The Morgan fingerprint density at radius 1 is 0.568 bits per heavy atom. The standard InChI is InChI=1S/C32H53NO4/c1-24(14-9-15-25(2)17-11-19-27(4)21-13-23-29(6)34)16-10-18-26(3)20-12-22-28(5)32(37)33(30(7)35)31(8)36/h14,17-18,21-22,30-31,35-36H,9-13,15-16,19-20,23H2,1-8H3. The Hall–Kier alpha value is -2.24. The van der Waals surface area contributed by atoms with E-state index < -0.39 is 12.5 Å². The Labute approximate surface area is 226 Å². The van der Waals surface area contributed by atoms with Gasteiger partial charge < -0.3 is 15.0 Å². The molecule has 2 unspecified atom stereocenters. The van der Waals surface area contributed by atoms with Crippen molar-refractivity contribution >= 4 is 11.7 Å². The molecule has 0 radical (unpaired) electrons. The number of hydrogen-bond acceptors (Lipinski definition) is 4. The number of amides is 1. The summed E-state index contributed by atoms with van der Waals surface area (Å²) < 4.78 is 0. The van der Waals surface area contributed by atoms with Gasteiger partial charge in [0.2, 0.25) is 0 Å². The van der Waals surface area contributed by atoms with Gasteiger partial charge in [-0.15, -0.1) is 0 Å². The van der Waals surface area contributed by atoms with Crippen molar-refractivity contribution in [1.82, 2.24) is 4.90 Å². The summed E-state index contributed by atoms with van der Waals surface area (Å²) in [5, 5.41) is 19.4. The van der Waals surface area contributed by atoms with Gasteiger partial charge in [-0.3, -0.25) is 9.69 Å². The third-order valence-electron chi connectivity index (χ3n) is 6.45. The first-order valence-electron chi connectivity index (χ1n) is 13.8. The summed E-state index contributed by atoms with van der Waals surface area (Å²) in [4.78, 5) is 24.5. The maximum Gasteiger partial charge on any atom is 0.253 e. The van der Waals surface area contributed by atoms with E-state index in [1.807, 2.05) is 6.08 Å². The van der Waals surface area contributed by atoms with Crippen LogP contribution in [0.2, 0.25) is 0 Å². The van der Waals surface area contributed by atoms with E-state index in [9.17, 15) is 19.8 Å². The summed E-state index contributed by atoms with van der Waals surface area (Å²) >= 11 is 0. The van der Waals surface area contributed by atoms with Crippen LogP contribution in [0.15, 0.2) is 58.2 Å². The molecular weight excluding hydrogens is 462 g/mol. The number of aliphatic hydroxyl groups excluding tert-OH is 2. The van der Waals surface area contributed by atoms with Crippen molar-refractivity contribution in [3.05, 3.63) is 58.2 Å². The second-order valence-electron chi connectivity index (χ2n) is 10.5. The Morgan fingerprint density at radius 2 is 0.865 bits per heavy atom. The molecule has 0 aromatic heterocycles. The second kappa shape index (κ2) is 19.8. The minimum absolute atomic E-state index is 0.253. The first-order valence-corrected chi connectivity index (χ1v) is 13.8. The van der Waals surface area contributed by atoms with Crippen LogP contribution < -0.4 is 0 Å². The minimum atomic E-state index is -1.03. The van der Waals surface area contributed by atoms with Gasteiger partial charge in [0.05, 0.1) is 0 Å². The predicted molar refractivity (Wildman–Crippen MR) is 156 cm³/mol. The lowest BCUT2D eigenvalue weighted by atomic mass is 10.0. The molecule has 0 aliphatic heterocycles.